The zero-order valence-corrected chi connectivity index (χ0v) is 22.7. The van der Waals surface area contributed by atoms with Crippen LogP contribution in [0.2, 0.25) is 0 Å². The first-order chi connectivity index (χ1) is 18.3. The summed E-state index contributed by atoms with van der Waals surface area (Å²) in [7, 11) is 1.72. The van der Waals surface area contributed by atoms with Crippen molar-refractivity contribution in [3.63, 3.8) is 0 Å². The van der Waals surface area contributed by atoms with E-state index < -0.39 is 5.41 Å². The average Bonchev–Trinajstić information content (AvgIpc) is 2.98. The quantitative estimate of drug-likeness (QED) is 0.305. The van der Waals surface area contributed by atoms with Crippen LogP contribution in [0.4, 0.5) is 11.4 Å². The highest BCUT2D eigenvalue weighted by Crippen LogP contribution is 2.40. The van der Waals surface area contributed by atoms with Gasteiger partial charge in [0.2, 0.25) is 11.8 Å². The Morgan fingerprint density at radius 1 is 0.974 bits per heavy atom. The summed E-state index contributed by atoms with van der Waals surface area (Å²) in [6.07, 6.45) is 8.20. The number of carbonyl (C=O) groups is 2. The fourth-order valence-electron chi connectivity index (χ4n) is 4.69. The smallest absolute Gasteiger partial charge is 0.242 e. The van der Waals surface area contributed by atoms with Crippen molar-refractivity contribution in [1.29, 1.82) is 0 Å². The lowest BCUT2D eigenvalue weighted by atomic mass is 9.90. The number of rotatable bonds is 11. The van der Waals surface area contributed by atoms with Crippen molar-refractivity contribution in [3.05, 3.63) is 77.9 Å². The van der Waals surface area contributed by atoms with E-state index in [0.717, 1.165) is 38.0 Å². The van der Waals surface area contributed by atoms with Gasteiger partial charge in [-0.1, -0.05) is 6.07 Å². The highest BCUT2D eigenvalue weighted by atomic mass is 16.5. The molecule has 0 saturated heterocycles. The van der Waals surface area contributed by atoms with Crippen molar-refractivity contribution in [3.8, 4) is 5.75 Å². The summed E-state index contributed by atoms with van der Waals surface area (Å²) in [6.45, 7) is 7.88. The first-order valence-electron chi connectivity index (χ1n) is 13.2. The molecule has 0 unspecified atom stereocenters. The Labute approximate surface area is 225 Å². The second-order valence-electron chi connectivity index (χ2n) is 10.1. The first kappa shape index (κ1) is 27.3. The summed E-state index contributed by atoms with van der Waals surface area (Å²) in [6, 6.07) is 13.8. The van der Waals surface area contributed by atoms with Crippen molar-refractivity contribution in [2.45, 2.75) is 46.6 Å². The Kier molecular flexibility index (Phi) is 8.73. The van der Waals surface area contributed by atoms with Crippen LogP contribution in [-0.4, -0.2) is 48.5 Å². The van der Waals surface area contributed by atoms with Crippen LogP contribution in [0.25, 0.3) is 0 Å². The maximum absolute atomic E-state index is 13.1. The minimum atomic E-state index is -1.12. The van der Waals surface area contributed by atoms with Gasteiger partial charge >= 0.3 is 0 Å². The van der Waals surface area contributed by atoms with Gasteiger partial charge in [0.25, 0.3) is 0 Å². The number of hydrogen-bond acceptors (Lipinski definition) is 6. The van der Waals surface area contributed by atoms with Gasteiger partial charge in [-0.15, -0.1) is 0 Å². The summed E-state index contributed by atoms with van der Waals surface area (Å²) >= 11 is 0. The Bertz CT molecular complexity index is 1260. The normalized spacial score (nSPS) is 14.8. The molecule has 0 fully saturated rings. The molecule has 1 N–H and O–H groups in total. The molecule has 3 heterocycles. The number of pyridine rings is 2. The molecule has 1 aliphatic rings. The Morgan fingerprint density at radius 3 is 2.58 bits per heavy atom. The second kappa shape index (κ2) is 12.2. The van der Waals surface area contributed by atoms with Crippen LogP contribution in [0, 0.1) is 5.41 Å². The number of amides is 2. The maximum atomic E-state index is 13.1. The number of aryl methyl sites for hydroxylation is 2. The molecular formula is C30H37N5O3. The van der Waals surface area contributed by atoms with Crippen molar-refractivity contribution in [2.75, 3.05) is 36.5 Å². The van der Waals surface area contributed by atoms with E-state index in [9.17, 15) is 9.59 Å². The van der Waals surface area contributed by atoms with Gasteiger partial charge in [0, 0.05) is 50.5 Å². The third kappa shape index (κ3) is 6.19. The highest BCUT2D eigenvalue weighted by molar-refractivity contribution is 6.20. The van der Waals surface area contributed by atoms with Gasteiger partial charge < -0.3 is 19.9 Å². The third-order valence-electron chi connectivity index (χ3n) is 6.90. The van der Waals surface area contributed by atoms with Gasteiger partial charge in [-0.2, -0.15) is 0 Å². The number of nitrogens with one attached hydrogen (secondary N) is 1. The standard InChI is InChI=1S/C30H37N5O3/c1-5-35-27-19-25(11-12-26(27)34(4)28(36)30(2,3)29(35)37)38-17-7-15-32-21-23-13-16-33-24(18-23)10-9-22-8-6-14-31-20-22/h6,8,11-14,16,18-20,32H,5,7,9-10,15,17,21H2,1-4H3. The van der Waals surface area contributed by atoms with E-state index in [1.807, 2.05) is 49.6 Å². The highest BCUT2D eigenvalue weighted by Gasteiger charge is 2.45. The summed E-state index contributed by atoms with van der Waals surface area (Å²) in [5.41, 5.74) is 3.79. The molecule has 3 aromatic rings. The zero-order chi connectivity index (χ0) is 27.1. The van der Waals surface area contributed by atoms with E-state index in [4.69, 9.17) is 4.74 Å². The lowest BCUT2D eigenvalue weighted by Crippen LogP contribution is -2.47. The number of hydrogen-bond donors (Lipinski definition) is 1. The maximum Gasteiger partial charge on any atom is 0.242 e. The van der Waals surface area contributed by atoms with Crippen LogP contribution >= 0.6 is 0 Å². The molecule has 0 atom stereocenters. The minimum absolute atomic E-state index is 0.201. The fourth-order valence-corrected chi connectivity index (χ4v) is 4.69. The van der Waals surface area contributed by atoms with Crippen LogP contribution in [0.1, 0.15) is 44.0 Å². The molecule has 2 aromatic heterocycles. The van der Waals surface area contributed by atoms with Crippen LogP contribution in [0.5, 0.6) is 5.75 Å². The van der Waals surface area contributed by atoms with Crippen LogP contribution in [0.15, 0.2) is 61.1 Å². The first-order valence-corrected chi connectivity index (χ1v) is 13.2. The predicted molar refractivity (Wildman–Crippen MR) is 149 cm³/mol. The second-order valence-corrected chi connectivity index (χ2v) is 10.1. The van der Waals surface area contributed by atoms with Gasteiger partial charge in [-0.3, -0.25) is 19.6 Å². The Hall–Kier alpha value is -3.78. The van der Waals surface area contributed by atoms with E-state index >= 15 is 0 Å². The average molecular weight is 516 g/mol. The largest absolute Gasteiger partial charge is 0.493 e. The molecule has 1 aliphatic heterocycles. The molecule has 0 bridgehead atoms. The van der Waals surface area contributed by atoms with E-state index in [1.54, 1.807) is 36.9 Å². The van der Waals surface area contributed by atoms with Gasteiger partial charge in [0.1, 0.15) is 11.2 Å². The van der Waals surface area contributed by atoms with E-state index in [-0.39, 0.29) is 11.8 Å². The molecule has 0 spiro atoms. The Balaban J connectivity index is 1.26. The van der Waals surface area contributed by atoms with Crippen molar-refractivity contribution in [1.82, 2.24) is 15.3 Å². The predicted octanol–water partition coefficient (Wildman–Crippen LogP) is 4.18. The number of nitrogens with zero attached hydrogens (tertiary/aromatic N) is 4. The van der Waals surface area contributed by atoms with Crippen LogP contribution in [-0.2, 0) is 29.0 Å². The number of benzene rings is 1. The monoisotopic (exact) mass is 515 g/mol. The molecular weight excluding hydrogens is 478 g/mol. The number of anilines is 2. The lowest BCUT2D eigenvalue weighted by Gasteiger charge is -2.27. The lowest BCUT2D eigenvalue weighted by molar-refractivity contribution is -0.137. The van der Waals surface area contributed by atoms with E-state index in [0.29, 0.717) is 30.3 Å². The minimum Gasteiger partial charge on any atom is -0.493 e. The SMILES string of the molecule is CCN1C(=O)C(C)(C)C(=O)N(C)c2ccc(OCCCNCc3ccnc(CCc4cccnc4)c3)cc21. The molecule has 4 rings (SSSR count). The zero-order valence-electron chi connectivity index (χ0n) is 22.7. The molecule has 2 amide bonds. The molecule has 8 heteroatoms. The molecule has 1 aromatic carbocycles. The van der Waals surface area contributed by atoms with Crippen LogP contribution < -0.4 is 19.9 Å². The summed E-state index contributed by atoms with van der Waals surface area (Å²) < 4.78 is 6.00. The van der Waals surface area contributed by atoms with E-state index in [1.165, 1.54) is 11.1 Å². The van der Waals surface area contributed by atoms with Gasteiger partial charge in [0.05, 0.1) is 18.0 Å². The van der Waals surface area contributed by atoms with Crippen molar-refractivity contribution < 1.29 is 14.3 Å². The fraction of sp³-hybridized carbons (Fsp3) is 0.400. The topological polar surface area (TPSA) is 87.7 Å². The molecule has 0 saturated carbocycles. The molecule has 0 aliphatic carbocycles. The van der Waals surface area contributed by atoms with Crippen LogP contribution in [0.3, 0.4) is 0 Å². The molecule has 38 heavy (non-hydrogen) atoms. The Morgan fingerprint density at radius 2 is 1.82 bits per heavy atom. The van der Waals surface area contributed by atoms with Gasteiger partial charge in [0.15, 0.2) is 0 Å². The summed E-state index contributed by atoms with van der Waals surface area (Å²) in [5.74, 6) is 0.269. The molecule has 8 nitrogen and oxygen atoms in total. The number of fused-ring (bicyclic) bond motifs is 1. The molecule has 0 radical (unpaired) electrons. The van der Waals surface area contributed by atoms with E-state index in [2.05, 4.69) is 27.4 Å². The van der Waals surface area contributed by atoms with Crippen molar-refractivity contribution in [2.24, 2.45) is 5.41 Å². The van der Waals surface area contributed by atoms with Gasteiger partial charge in [-0.25, -0.2) is 0 Å². The van der Waals surface area contributed by atoms with Crippen molar-refractivity contribution >= 4 is 23.2 Å². The third-order valence-corrected chi connectivity index (χ3v) is 6.90. The number of carbonyl (C=O) groups excluding carboxylic acids is 2. The summed E-state index contributed by atoms with van der Waals surface area (Å²) in [4.78, 5) is 37.9. The number of ether oxygens (including phenoxy) is 1. The molecule has 200 valence electrons. The van der Waals surface area contributed by atoms with Gasteiger partial charge in [-0.05, 0) is 88.0 Å². The number of aromatic nitrogens is 2. The summed E-state index contributed by atoms with van der Waals surface area (Å²) in [5, 5.41) is 3.47.